The van der Waals surface area contributed by atoms with Crippen molar-refractivity contribution < 1.29 is 22.0 Å². The molecule has 0 aliphatic heterocycles. The predicted molar refractivity (Wildman–Crippen MR) is 75.4 cm³/mol. The molecule has 0 atom stereocenters. The summed E-state index contributed by atoms with van der Waals surface area (Å²) in [5.74, 6) is -2.71. The van der Waals surface area contributed by atoms with E-state index in [0.717, 1.165) is 11.1 Å². The molecule has 1 heterocycles. The SMILES string of the molecule is Cc1nc(CC(=O)NNS(=O)(=O)c2cc(F)ccc2F)cs1. The summed E-state index contributed by atoms with van der Waals surface area (Å²) in [4.78, 5) is 16.5. The lowest BCUT2D eigenvalue weighted by atomic mass is 10.3. The fourth-order valence-electron chi connectivity index (χ4n) is 1.56. The van der Waals surface area contributed by atoms with Crippen LogP contribution in [0, 0.1) is 18.6 Å². The maximum atomic E-state index is 13.4. The van der Waals surface area contributed by atoms with Gasteiger partial charge in [-0.15, -0.1) is 16.2 Å². The lowest BCUT2D eigenvalue weighted by Crippen LogP contribution is -2.42. The Hall–Kier alpha value is -1.91. The highest BCUT2D eigenvalue weighted by Crippen LogP contribution is 2.15. The van der Waals surface area contributed by atoms with Gasteiger partial charge < -0.3 is 0 Å². The predicted octanol–water partition coefficient (Wildman–Crippen LogP) is 1.28. The zero-order valence-electron chi connectivity index (χ0n) is 11.3. The van der Waals surface area contributed by atoms with Crippen molar-refractivity contribution in [3.63, 3.8) is 0 Å². The Labute approximate surface area is 129 Å². The number of aromatic nitrogens is 1. The number of rotatable bonds is 5. The summed E-state index contributed by atoms with van der Waals surface area (Å²) in [7, 11) is -4.41. The van der Waals surface area contributed by atoms with Crippen molar-refractivity contribution in [1.82, 2.24) is 15.2 Å². The van der Waals surface area contributed by atoms with E-state index < -0.39 is 32.5 Å². The fraction of sp³-hybridized carbons (Fsp3) is 0.167. The molecule has 0 saturated heterocycles. The number of halogens is 2. The molecule has 0 bridgehead atoms. The second kappa shape index (κ2) is 6.46. The van der Waals surface area contributed by atoms with Crippen LogP contribution in [0.15, 0.2) is 28.5 Å². The molecule has 0 radical (unpaired) electrons. The van der Waals surface area contributed by atoms with Crippen molar-refractivity contribution in [3.8, 4) is 0 Å². The van der Waals surface area contributed by atoms with Gasteiger partial charge in [0.2, 0.25) is 5.91 Å². The van der Waals surface area contributed by atoms with Crippen LogP contribution in [0.1, 0.15) is 10.7 Å². The van der Waals surface area contributed by atoms with E-state index >= 15 is 0 Å². The molecule has 2 rings (SSSR count). The summed E-state index contributed by atoms with van der Waals surface area (Å²) in [6.07, 6.45) is -0.140. The minimum atomic E-state index is -4.41. The van der Waals surface area contributed by atoms with Crippen molar-refractivity contribution in [2.75, 3.05) is 0 Å². The number of carbonyl (C=O) groups excluding carboxylic acids is 1. The van der Waals surface area contributed by atoms with Crippen LogP contribution in [0.2, 0.25) is 0 Å². The number of carbonyl (C=O) groups is 1. The van der Waals surface area contributed by atoms with Crippen LogP contribution < -0.4 is 10.3 Å². The number of amides is 1. The van der Waals surface area contributed by atoms with Crippen LogP contribution >= 0.6 is 11.3 Å². The Morgan fingerprint density at radius 3 is 2.73 bits per heavy atom. The van der Waals surface area contributed by atoms with Crippen molar-refractivity contribution in [1.29, 1.82) is 0 Å². The standard InChI is InChI=1S/C12H11F2N3O3S2/c1-7-15-9(6-21-7)5-12(18)16-17-22(19,20)11-4-8(13)2-3-10(11)14/h2-4,6,17H,5H2,1H3,(H,16,18). The molecule has 0 saturated carbocycles. The maximum Gasteiger partial charge on any atom is 0.260 e. The molecule has 0 fully saturated rings. The van der Waals surface area contributed by atoms with Gasteiger partial charge in [-0.3, -0.25) is 10.2 Å². The summed E-state index contributed by atoms with van der Waals surface area (Å²) in [5.41, 5.74) is 2.41. The number of aryl methyl sites for hydroxylation is 1. The molecule has 118 valence electrons. The van der Waals surface area contributed by atoms with Gasteiger partial charge in [-0.05, 0) is 25.1 Å². The lowest BCUT2D eigenvalue weighted by molar-refractivity contribution is -0.120. The number of nitrogens with zero attached hydrogens (tertiary/aromatic N) is 1. The summed E-state index contributed by atoms with van der Waals surface area (Å²) in [6.45, 7) is 1.77. The minimum absolute atomic E-state index is 0.140. The molecule has 10 heteroatoms. The van der Waals surface area contributed by atoms with Gasteiger partial charge in [0.15, 0.2) is 0 Å². The molecule has 0 spiro atoms. The molecular weight excluding hydrogens is 336 g/mol. The average Bonchev–Trinajstić information content (AvgIpc) is 2.84. The molecular formula is C12H11F2N3O3S2. The van der Waals surface area contributed by atoms with Crippen LogP contribution in [-0.4, -0.2) is 19.3 Å². The monoisotopic (exact) mass is 347 g/mol. The smallest absolute Gasteiger partial charge is 0.260 e. The quantitative estimate of drug-likeness (QED) is 0.798. The van der Waals surface area contributed by atoms with Crippen molar-refractivity contribution in [3.05, 3.63) is 45.9 Å². The Morgan fingerprint density at radius 2 is 2.09 bits per heavy atom. The third kappa shape index (κ3) is 4.06. The second-order valence-corrected chi connectivity index (χ2v) is 6.98. The molecule has 22 heavy (non-hydrogen) atoms. The lowest BCUT2D eigenvalue weighted by Gasteiger charge is -2.08. The molecule has 2 N–H and O–H groups in total. The van der Waals surface area contributed by atoms with Crippen LogP contribution in [0.3, 0.4) is 0 Å². The molecule has 0 aliphatic carbocycles. The summed E-state index contributed by atoms with van der Waals surface area (Å²) >= 11 is 1.35. The van der Waals surface area contributed by atoms with Crippen LogP contribution in [0.5, 0.6) is 0 Å². The van der Waals surface area contributed by atoms with E-state index in [2.05, 4.69) is 4.98 Å². The highest BCUT2D eigenvalue weighted by molar-refractivity contribution is 7.89. The first-order valence-electron chi connectivity index (χ1n) is 5.94. The normalized spacial score (nSPS) is 11.4. The zero-order valence-corrected chi connectivity index (χ0v) is 12.9. The van der Waals surface area contributed by atoms with Gasteiger partial charge in [-0.25, -0.2) is 22.2 Å². The van der Waals surface area contributed by atoms with E-state index in [-0.39, 0.29) is 6.42 Å². The van der Waals surface area contributed by atoms with E-state index in [1.807, 2.05) is 5.43 Å². The first kappa shape index (κ1) is 16.5. The van der Waals surface area contributed by atoms with Gasteiger partial charge in [0.1, 0.15) is 16.5 Å². The first-order valence-corrected chi connectivity index (χ1v) is 8.31. The Bertz CT molecular complexity index is 806. The van der Waals surface area contributed by atoms with E-state index in [4.69, 9.17) is 0 Å². The van der Waals surface area contributed by atoms with Crippen molar-refractivity contribution >= 4 is 27.3 Å². The largest absolute Gasteiger partial charge is 0.277 e. The third-order valence-corrected chi connectivity index (χ3v) is 4.60. The molecule has 1 aromatic heterocycles. The summed E-state index contributed by atoms with van der Waals surface area (Å²) < 4.78 is 50.1. The van der Waals surface area contributed by atoms with Gasteiger partial charge in [-0.1, -0.05) is 0 Å². The molecule has 6 nitrogen and oxygen atoms in total. The molecule has 0 unspecified atom stereocenters. The number of nitrogens with one attached hydrogen (secondary N) is 2. The van der Waals surface area contributed by atoms with Crippen LogP contribution in [0.25, 0.3) is 0 Å². The molecule has 1 aromatic carbocycles. The highest BCUT2D eigenvalue weighted by Gasteiger charge is 2.20. The van der Waals surface area contributed by atoms with E-state index in [0.29, 0.717) is 17.8 Å². The average molecular weight is 347 g/mol. The number of thiazole rings is 1. The van der Waals surface area contributed by atoms with E-state index in [1.54, 1.807) is 17.1 Å². The number of benzene rings is 1. The number of sulfonamides is 1. The fourth-order valence-corrected chi connectivity index (χ4v) is 3.12. The van der Waals surface area contributed by atoms with Crippen molar-refractivity contribution in [2.24, 2.45) is 0 Å². The number of hydrogen-bond acceptors (Lipinski definition) is 5. The van der Waals surface area contributed by atoms with Gasteiger partial charge in [0.05, 0.1) is 17.1 Å². The second-order valence-electron chi connectivity index (χ2n) is 4.26. The maximum absolute atomic E-state index is 13.4. The topological polar surface area (TPSA) is 88.2 Å². The van der Waals surface area contributed by atoms with Gasteiger partial charge >= 0.3 is 0 Å². The first-order chi connectivity index (χ1) is 10.3. The molecule has 2 aromatic rings. The van der Waals surface area contributed by atoms with Crippen LogP contribution in [-0.2, 0) is 21.2 Å². The van der Waals surface area contributed by atoms with Crippen molar-refractivity contribution in [2.45, 2.75) is 18.2 Å². The minimum Gasteiger partial charge on any atom is -0.277 e. The summed E-state index contributed by atoms with van der Waals surface area (Å²) in [5, 5.41) is 2.43. The Morgan fingerprint density at radius 1 is 1.36 bits per heavy atom. The Kier molecular flexibility index (Phi) is 4.84. The van der Waals surface area contributed by atoms with E-state index in [1.165, 1.54) is 11.3 Å². The number of hydrazine groups is 1. The summed E-state index contributed by atoms with van der Waals surface area (Å²) in [6, 6.07) is 1.99. The Balaban J connectivity index is 2.03. The zero-order chi connectivity index (χ0) is 16.3. The molecule has 0 aliphatic rings. The van der Waals surface area contributed by atoms with Gasteiger partial charge in [0, 0.05) is 5.38 Å². The third-order valence-electron chi connectivity index (χ3n) is 2.52. The van der Waals surface area contributed by atoms with Gasteiger partial charge in [-0.2, -0.15) is 0 Å². The van der Waals surface area contributed by atoms with E-state index in [9.17, 15) is 22.0 Å². The highest BCUT2D eigenvalue weighted by atomic mass is 32.2. The van der Waals surface area contributed by atoms with Gasteiger partial charge in [0.25, 0.3) is 10.0 Å². The molecule has 1 amide bonds. The number of hydrogen-bond donors (Lipinski definition) is 2. The van der Waals surface area contributed by atoms with Crippen LogP contribution in [0.4, 0.5) is 8.78 Å².